The predicted molar refractivity (Wildman–Crippen MR) is 223 cm³/mol. The van der Waals surface area contributed by atoms with E-state index in [1.807, 2.05) is 6.07 Å². The van der Waals surface area contributed by atoms with Crippen molar-refractivity contribution in [2.75, 3.05) is 0 Å². The molecule has 9 rings (SSSR count). The van der Waals surface area contributed by atoms with Crippen molar-refractivity contribution >= 4 is 0 Å². The van der Waals surface area contributed by atoms with Crippen molar-refractivity contribution in [2.45, 2.75) is 65.2 Å². The van der Waals surface area contributed by atoms with Crippen molar-refractivity contribution in [3.8, 4) is 55.6 Å². The maximum absolute atomic E-state index is 2.49. The van der Waals surface area contributed by atoms with Crippen molar-refractivity contribution in [1.82, 2.24) is 0 Å². The quantitative estimate of drug-likeness (QED) is 0.175. The van der Waals surface area contributed by atoms with Crippen LogP contribution in [0.4, 0.5) is 0 Å². The van der Waals surface area contributed by atoms with Crippen LogP contribution in [0.15, 0.2) is 158 Å². The Morgan fingerprint density at radius 3 is 1.62 bits per heavy atom. The molecule has 0 bridgehead atoms. The molecular formula is C52H48. The summed E-state index contributed by atoms with van der Waals surface area (Å²) >= 11 is 0. The fraction of sp³-hybridized carbons (Fsp3) is 0.192. The second-order valence-corrected chi connectivity index (χ2v) is 15.0. The Morgan fingerprint density at radius 1 is 0.385 bits per heavy atom. The normalized spacial score (nSPS) is 15.8. The maximum Gasteiger partial charge on any atom is -0.0137 e. The van der Waals surface area contributed by atoms with Crippen LogP contribution in [0.1, 0.15) is 71.9 Å². The van der Waals surface area contributed by atoms with Crippen LogP contribution in [0.25, 0.3) is 55.6 Å². The number of benzene rings is 7. The van der Waals surface area contributed by atoms with Gasteiger partial charge in [0, 0.05) is 0 Å². The Hall–Kier alpha value is -5.46. The fourth-order valence-corrected chi connectivity index (χ4v) is 8.53. The molecule has 0 saturated heterocycles. The third-order valence-corrected chi connectivity index (χ3v) is 11.5. The highest BCUT2D eigenvalue weighted by Gasteiger charge is 2.24. The molecule has 1 unspecified atom stereocenters. The van der Waals surface area contributed by atoms with E-state index in [1.54, 1.807) is 0 Å². The Bertz CT molecular complexity index is 2360. The van der Waals surface area contributed by atoms with Crippen molar-refractivity contribution in [3.63, 3.8) is 0 Å². The van der Waals surface area contributed by atoms with E-state index in [9.17, 15) is 0 Å². The Morgan fingerprint density at radius 2 is 0.923 bits per heavy atom. The van der Waals surface area contributed by atoms with Crippen molar-refractivity contribution in [1.29, 1.82) is 0 Å². The largest absolute Gasteiger partial charge is 0.0622 e. The molecule has 2 aliphatic carbocycles. The lowest BCUT2D eigenvalue weighted by Gasteiger charge is -2.19. The van der Waals surface area contributed by atoms with Gasteiger partial charge in [0.25, 0.3) is 0 Å². The third-order valence-electron chi connectivity index (χ3n) is 11.5. The van der Waals surface area contributed by atoms with Gasteiger partial charge in [-0.25, -0.2) is 0 Å². The lowest BCUT2D eigenvalue weighted by Crippen LogP contribution is -1.97. The summed E-state index contributed by atoms with van der Waals surface area (Å²) in [6.07, 6.45) is 4.62. The Balaban J connectivity index is 0.000000250. The van der Waals surface area contributed by atoms with Gasteiger partial charge < -0.3 is 0 Å². The van der Waals surface area contributed by atoms with E-state index >= 15 is 0 Å². The molecule has 2 aliphatic rings. The molecule has 7 aromatic rings. The summed E-state index contributed by atoms with van der Waals surface area (Å²) in [6.45, 7) is 9.14. The van der Waals surface area contributed by atoms with Gasteiger partial charge in [-0.05, 0) is 153 Å². The molecule has 0 nitrogen and oxygen atoms in total. The first-order valence-corrected chi connectivity index (χ1v) is 19.1. The minimum atomic E-state index is 0.549. The van der Waals surface area contributed by atoms with Gasteiger partial charge in [-0.15, -0.1) is 0 Å². The van der Waals surface area contributed by atoms with Gasteiger partial charge in [0.2, 0.25) is 0 Å². The summed E-state index contributed by atoms with van der Waals surface area (Å²) in [7, 11) is 0. The first-order chi connectivity index (χ1) is 25.4. The zero-order valence-electron chi connectivity index (χ0n) is 31.0. The number of fused-ring (bicyclic) bond motifs is 6. The average molecular weight is 673 g/mol. The van der Waals surface area contributed by atoms with Crippen molar-refractivity contribution < 1.29 is 0 Å². The SMILES string of the molecule is Cc1cccc(-c2ccccc2)c1.Cc1ccccc1-c1cc(-c2ccc3c(c2)-c2ccccc2C(C)CC3)cc2c1CC[C@@H](C)c1ccccc1-2. The van der Waals surface area contributed by atoms with Gasteiger partial charge in [0.15, 0.2) is 0 Å². The smallest absolute Gasteiger partial charge is 0.0137 e. The molecule has 7 aromatic carbocycles. The predicted octanol–water partition coefficient (Wildman–Crippen LogP) is 14.4. The first-order valence-electron chi connectivity index (χ1n) is 19.1. The number of hydrogen-bond acceptors (Lipinski definition) is 0. The molecule has 0 saturated carbocycles. The van der Waals surface area contributed by atoms with Crippen molar-refractivity contribution in [3.05, 3.63) is 191 Å². The van der Waals surface area contributed by atoms with Gasteiger partial charge >= 0.3 is 0 Å². The van der Waals surface area contributed by atoms with Crippen molar-refractivity contribution in [2.24, 2.45) is 0 Å². The molecule has 0 spiro atoms. The van der Waals surface area contributed by atoms with E-state index in [4.69, 9.17) is 0 Å². The standard InChI is InChI=1S/C39H36.C13H12/c1-25-10-4-5-13-33(25)38-23-30(24-39-35-15-9-7-12-32(35)27(3)17-21-36(38)39)29-20-19-28-18-16-26(2)31-11-6-8-14-34(31)37(28)22-29;1-11-6-5-9-13(10-11)12-7-3-2-4-8-12/h4-15,19-20,22-24,26-27H,16-18,21H2,1-3H3;2-10H,1H3/t26?,27-;/m1./s1. The highest BCUT2D eigenvalue weighted by molar-refractivity contribution is 5.89. The first kappa shape index (κ1) is 33.7. The van der Waals surface area contributed by atoms with Gasteiger partial charge in [0.05, 0.1) is 0 Å². The van der Waals surface area contributed by atoms with E-state index in [0.29, 0.717) is 11.8 Å². The highest BCUT2D eigenvalue weighted by Crippen LogP contribution is 2.46. The molecule has 0 aliphatic heterocycles. The van der Waals surface area contributed by atoms with Crippen LogP contribution in [-0.2, 0) is 12.8 Å². The Labute approximate surface area is 310 Å². The number of hydrogen-bond donors (Lipinski definition) is 0. The molecule has 0 aromatic heterocycles. The molecule has 52 heavy (non-hydrogen) atoms. The minimum Gasteiger partial charge on any atom is -0.0622 e. The molecule has 0 heteroatoms. The summed E-state index contributed by atoms with van der Waals surface area (Å²) in [5.41, 5.74) is 22.2. The topological polar surface area (TPSA) is 0 Å². The maximum atomic E-state index is 2.49. The fourth-order valence-electron chi connectivity index (χ4n) is 8.53. The molecule has 0 radical (unpaired) electrons. The van der Waals surface area contributed by atoms with E-state index in [2.05, 4.69) is 179 Å². The van der Waals surface area contributed by atoms with Gasteiger partial charge in [-0.3, -0.25) is 0 Å². The lowest BCUT2D eigenvalue weighted by atomic mass is 9.84. The average Bonchev–Trinajstić information content (AvgIpc) is 3.42. The van der Waals surface area contributed by atoms with Crippen LogP contribution in [0, 0.1) is 13.8 Å². The summed E-state index contributed by atoms with van der Waals surface area (Å²) in [6, 6.07) is 58.3. The molecule has 2 atom stereocenters. The van der Waals surface area contributed by atoms with Gasteiger partial charge in [-0.1, -0.05) is 159 Å². The number of rotatable bonds is 3. The monoisotopic (exact) mass is 672 g/mol. The van der Waals surface area contributed by atoms with Gasteiger partial charge in [0.1, 0.15) is 0 Å². The van der Waals surface area contributed by atoms with Crippen LogP contribution in [0.2, 0.25) is 0 Å². The molecule has 0 amide bonds. The highest BCUT2D eigenvalue weighted by atomic mass is 14.3. The third kappa shape index (κ3) is 6.67. The molecule has 0 fully saturated rings. The second-order valence-electron chi connectivity index (χ2n) is 15.0. The van der Waals surface area contributed by atoms with Crippen LogP contribution in [-0.4, -0.2) is 0 Å². The Kier molecular flexibility index (Phi) is 9.48. The minimum absolute atomic E-state index is 0.549. The van der Waals surface area contributed by atoms with Crippen LogP contribution in [0.3, 0.4) is 0 Å². The second kappa shape index (κ2) is 14.6. The van der Waals surface area contributed by atoms with E-state index in [1.165, 1.54) is 102 Å². The molecule has 256 valence electrons. The molecular weight excluding hydrogens is 625 g/mol. The zero-order valence-corrected chi connectivity index (χ0v) is 31.0. The lowest BCUT2D eigenvalue weighted by molar-refractivity contribution is 0.689. The van der Waals surface area contributed by atoms with Gasteiger partial charge in [-0.2, -0.15) is 0 Å². The summed E-state index contributed by atoms with van der Waals surface area (Å²) in [5.74, 6) is 1.13. The van der Waals surface area contributed by atoms with E-state index < -0.39 is 0 Å². The summed E-state index contributed by atoms with van der Waals surface area (Å²) in [5, 5.41) is 0. The van der Waals surface area contributed by atoms with Crippen LogP contribution < -0.4 is 0 Å². The number of aryl methyl sites for hydroxylation is 3. The molecule has 0 N–H and O–H groups in total. The van der Waals surface area contributed by atoms with Crippen LogP contribution >= 0.6 is 0 Å². The van der Waals surface area contributed by atoms with E-state index in [0.717, 1.165) is 12.8 Å². The zero-order chi connectivity index (χ0) is 35.6. The van der Waals surface area contributed by atoms with Crippen LogP contribution in [0.5, 0.6) is 0 Å². The summed E-state index contributed by atoms with van der Waals surface area (Å²) < 4.78 is 0. The van der Waals surface area contributed by atoms with E-state index in [-0.39, 0.29) is 0 Å². The molecule has 0 heterocycles. The summed E-state index contributed by atoms with van der Waals surface area (Å²) in [4.78, 5) is 0.